The number of nitrogens with two attached hydrogens (primary N) is 1. The van der Waals surface area contributed by atoms with Crippen LogP contribution in [0.5, 0.6) is 0 Å². The van der Waals surface area contributed by atoms with Crippen LogP contribution >= 0.6 is 0 Å². The molecule has 0 aromatic heterocycles. The minimum Gasteiger partial charge on any atom is -0.293 e. The van der Waals surface area contributed by atoms with Crippen molar-refractivity contribution < 1.29 is 4.79 Å². The van der Waals surface area contributed by atoms with Crippen molar-refractivity contribution in [3.63, 3.8) is 0 Å². The first-order valence-corrected chi connectivity index (χ1v) is 7.95. The highest BCUT2D eigenvalue weighted by Gasteiger charge is 2.36. The molecule has 1 heterocycles. The van der Waals surface area contributed by atoms with Crippen LogP contribution in [0.3, 0.4) is 0 Å². The van der Waals surface area contributed by atoms with Gasteiger partial charge in [0.25, 0.3) is 5.91 Å². The van der Waals surface area contributed by atoms with E-state index in [0.717, 1.165) is 31.5 Å². The van der Waals surface area contributed by atoms with E-state index in [9.17, 15) is 4.79 Å². The van der Waals surface area contributed by atoms with Gasteiger partial charge >= 0.3 is 0 Å². The van der Waals surface area contributed by atoms with Crippen LogP contribution in [0.25, 0.3) is 0 Å². The number of nitrogens with zero attached hydrogens (tertiary/aromatic N) is 1. The number of hydrogen-bond acceptors (Lipinski definition) is 3. The van der Waals surface area contributed by atoms with Crippen LogP contribution in [0.15, 0.2) is 30.3 Å². The van der Waals surface area contributed by atoms with Gasteiger partial charge in [0.2, 0.25) is 0 Å². The van der Waals surface area contributed by atoms with Crippen molar-refractivity contribution in [3.8, 4) is 0 Å². The van der Waals surface area contributed by atoms with Gasteiger partial charge in [0, 0.05) is 0 Å². The van der Waals surface area contributed by atoms with Crippen LogP contribution in [-0.4, -0.2) is 23.9 Å². The zero-order chi connectivity index (χ0) is 15.3. The number of rotatable bonds is 5. The molecule has 1 aromatic rings. The molecule has 4 heteroatoms. The van der Waals surface area contributed by atoms with Gasteiger partial charge < -0.3 is 0 Å². The van der Waals surface area contributed by atoms with Crippen molar-refractivity contribution in [1.29, 1.82) is 0 Å². The second kappa shape index (κ2) is 7.05. The number of benzene rings is 1. The van der Waals surface area contributed by atoms with Crippen LogP contribution in [0.2, 0.25) is 0 Å². The normalized spacial score (nSPS) is 20.0. The van der Waals surface area contributed by atoms with Crippen LogP contribution in [0.1, 0.15) is 51.1 Å². The Labute approximate surface area is 127 Å². The second-order valence-corrected chi connectivity index (χ2v) is 6.06. The maximum absolute atomic E-state index is 12.2. The van der Waals surface area contributed by atoms with E-state index in [1.807, 2.05) is 30.3 Å². The van der Waals surface area contributed by atoms with Crippen molar-refractivity contribution >= 4 is 5.91 Å². The van der Waals surface area contributed by atoms with Gasteiger partial charge in [0.15, 0.2) is 0 Å². The van der Waals surface area contributed by atoms with Crippen molar-refractivity contribution in [1.82, 2.24) is 10.3 Å². The lowest BCUT2D eigenvalue weighted by Gasteiger charge is -2.43. The fourth-order valence-electron chi connectivity index (χ4n) is 3.46. The summed E-state index contributed by atoms with van der Waals surface area (Å²) < 4.78 is 0. The Morgan fingerprint density at radius 1 is 1.24 bits per heavy atom. The van der Waals surface area contributed by atoms with Crippen molar-refractivity contribution in [3.05, 3.63) is 35.9 Å². The van der Waals surface area contributed by atoms with Crippen LogP contribution in [0, 0.1) is 5.41 Å². The molecule has 0 radical (unpaired) electrons. The fraction of sp³-hybridized carbons (Fsp3) is 0.588. The average molecular weight is 289 g/mol. The Bertz CT molecular complexity index is 446. The highest BCUT2D eigenvalue weighted by Crippen LogP contribution is 2.40. The Hall–Kier alpha value is -1.39. The summed E-state index contributed by atoms with van der Waals surface area (Å²) in [7, 11) is 0. The molecule has 4 nitrogen and oxygen atoms in total. The van der Waals surface area contributed by atoms with Gasteiger partial charge in [0.05, 0.1) is 0 Å². The minimum atomic E-state index is -0.275. The molecular weight excluding hydrogens is 262 g/mol. The van der Waals surface area contributed by atoms with Crippen LogP contribution in [-0.2, 0) is 4.79 Å². The summed E-state index contributed by atoms with van der Waals surface area (Å²) in [5.74, 6) is 5.27. The predicted molar refractivity (Wildman–Crippen MR) is 85.3 cm³/mol. The third kappa shape index (κ3) is 3.44. The molecule has 116 valence electrons. The number of carbonyl (C=O) groups excluding carboxylic acids is 1. The lowest BCUT2D eigenvalue weighted by Crippen LogP contribution is -2.48. The van der Waals surface area contributed by atoms with Gasteiger partial charge in [-0.3, -0.25) is 15.1 Å². The first-order chi connectivity index (χ1) is 10.2. The summed E-state index contributed by atoms with van der Waals surface area (Å²) in [4.78, 5) is 14.5. The number of nitrogens with one attached hydrogen (secondary N) is 1. The molecular formula is C17H27N3O. The summed E-state index contributed by atoms with van der Waals surface area (Å²) >= 11 is 0. The SMILES string of the molecule is CCC1(CC)CCN(C(C(=O)NN)c2ccccc2)CC1. The number of carbonyl (C=O) groups is 1. The van der Waals surface area contributed by atoms with Crippen molar-refractivity contribution in [2.45, 2.75) is 45.6 Å². The van der Waals surface area contributed by atoms with Gasteiger partial charge in [0.1, 0.15) is 6.04 Å². The molecule has 1 unspecified atom stereocenters. The van der Waals surface area contributed by atoms with Gasteiger partial charge in [-0.25, -0.2) is 5.84 Å². The fourth-order valence-corrected chi connectivity index (χ4v) is 3.46. The smallest absolute Gasteiger partial charge is 0.255 e. The summed E-state index contributed by atoms with van der Waals surface area (Å²) in [6, 6.07) is 9.64. The molecule has 2 rings (SSSR count). The molecule has 1 fully saturated rings. The average Bonchev–Trinajstić information content (AvgIpc) is 2.56. The first kappa shape index (κ1) is 16.0. The lowest BCUT2D eigenvalue weighted by atomic mass is 9.74. The van der Waals surface area contributed by atoms with Gasteiger partial charge in [-0.15, -0.1) is 0 Å². The monoisotopic (exact) mass is 289 g/mol. The summed E-state index contributed by atoms with van der Waals surface area (Å²) in [5, 5.41) is 0. The van der Waals surface area contributed by atoms with E-state index in [2.05, 4.69) is 24.2 Å². The molecule has 1 saturated heterocycles. The highest BCUT2D eigenvalue weighted by molar-refractivity contribution is 5.82. The predicted octanol–water partition coefficient (Wildman–Crippen LogP) is 2.62. The zero-order valence-electron chi connectivity index (χ0n) is 13.1. The summed E-state index contributed by atoms with van der Waals surface area (Å²) in [5.41, 5.74) is 3.80. The van der Waals surface area contributed by atoms with Gasteiger partial charge in [-0.05, 0) is 36.9 Å². The van der Waals surface area contributed by atoms with E-state index in [-0.39, 0.29) is 11.9 Å². The molecule has 21 heavy (non-hydrogen) atoms. The Balaban J connectivity index is 2.15. The summed E-state index contributed by atoms with van der Waals surface area (Å²) in [6.45, 7) is 6.46. The minimum absolute atomic E-state index is 0.123. The van der Waals surface area contributed by atoms with Crippen LogP contribution in [0.4, 0.5) is 0 Å². The Morgan fingerprint density at radius 3 is 2.29 bits per heavy atom. The molecule has 1 aliphatic heterocycles. The topological polar surface area (TPSA) is 58.4 Å². The standard InChI is InChI=1S/C17H27N3O/c1-3-17(4-2)10-12-20(13-11-17)15(16(21)19-18)14-8-6-5-7-9-14/h5-9,15H,3-4,10-13,18H2,1-2H3,(H,19,21). The molecule has 1 aromatic carbocycles. The second-order valence-electron chi connectivity index (χ2n) is 6.06. The molecule has 0 bridgehead atoms. The number of hydrazine groups is 1. The summed E-state index contributed by atoms with van der Waals surface area (Å²) in [6.07, 6.45) is 4.75. The van der Waals surface area contributed by atoms with E-state index in [0.29, 0.717) is 5.41 Å². The molecule has 3 N–H and O–H groups in total. The van der Waals surface area contributed by atoms with Crippen molar-refractivity contribution in [2.75, 3.05) is 13.1 Å². The number of hydrogen-bond donors (Lipinski definition) is 2. The largest absolute Gasteiger partial charge is 0.293 e. The third-order valence-corrected chi connectivity index (χ3v) is 5.23. The van der Waals surface area contributed by atoms with Gasteiger partial charge in [-0.2, -0.15) is 0 Å². The number of piperidine rings is 1. The van der Waals surface area contributed by atoms with Gasteiger partial charge in [-0.1, -0.05) is 57.0 Å². The van der Waals surface area contributed by atoms with E-state index in [4.69, 9.17) is 5.84 Å². The van der Waals surface area contributed by atoms with E-state index < -0.39 is 0 Å². The Morgan fingerprint density at radius 2 is 1.81 bits per heavy atom. The van der Waals surface area contributed by atoms with Crippen LogP contribution < -0.4 is 11.3 Å². The van der Waals surface area contributed by atoms with E-state index >= 15 is 0 Å². The maximum atomic E-state index is 12.2. The lowest BCUT2D eigenvalue weighted by molar-refractivity contribution is -0.128. The zero-order valence-corrected chi connectivity index (χ0v) is 13.1. The molecule has 0 spiro atoms. The molecule has 1 atom stereocenters. The maximum Gasteiger partial charge on any atom is 0.255 e. The first-order valence-electron chi connectivity index (χ1n) is 7.95. The van der Waals surface area contributed by atoms with E-state index in [1.54, 1.807) is 0 Å². The molecule has 0 aliphatic carbocycles. The third-order valence-electron chi connectivity index (χ3n) is 5.23. The molecule has 0 saturated carbocycles. The highest BCUT2D eigenvalue weighted by atomic mass is 16.2. The number of likely N-dealkylation sites (tertiary alicyclic amines) is 1. The molecule has 1 amide bonds. The Kier molecular flexibility index (Phi) is 5.37. The van der Waals surface area contributed by atoms with Crippen molar-refractivity contribution in [2.24, 2.45) is 11.3 Å². The molecule has 1 aliphatic rings. The quantitative estimate of drug-likeness (QED) is 0.498. The van der Waals surface area contributed by atoms with E-state index in [1.165, 1.54) is 12.8 Å². The number of amides is 1.